The highest BCUT2D eigenvalue weighted by atomic mass is 15.1. The zero-order valence-corrected chi connectivity index (χ0v) is 10.7. The van der Waals surface area contributed by atoms with Crippen molar-refractivity contribution in [2.24, 2.45) is 5.92 Å². The molecule has 2 atom stereocenters. The van der Waals surface area contributed by atoms with Crippen LogP contribution < -0.4 is 5.32 Å². The molecular formula is C15H22N2. The molecule has 2 aliphatic rings. The van der Waals surface area contributed by atoms with Crippen molar-refractivity contribution in [2.75, 3.05) is 31.5 Å². The maximum Gasteiger partial charge on any atom is 0.0376 e. The average molecular weight is 230 g/mol. The molecule has 1 aromatic carbocycles. The molecule has 2 aliphatic heterocycles. The molecule has 0 radical (unpaired) electrons. The summed E-state index contributed by atoms with van der Waals surface area (Å²) in [5, 5.41) is 3.51. The fourth-order valence-electron chi connectivity index (χ4n) is 3.24. The second kappa shape index (κ2) is 4.69. The largest absolute Gasteiger partial charge is 0.385 e. The Balaban J connectivity index is 1.72. The van der Waals surface area contributed by atoms with Gasteiger partial charge < -0.3 is 10.2 Å². The fourth-order valence-corrected chi connectivity index (χ4v) is 3.24. The molecule has 1 N–H and O–H groups in total. The summed E-state index contributed by atoms with van der Waals surface area (Å²) < 4.78 is 0. The molecule has 17 heavy (non-hydrogen) atoms. The van der Waals surface area contributed by atoms with Crippen LogP contribution in [0.5, 0.6) is 0 Å². The molecule has 2 heteroatoms. The molecule has 0 amide bonds. The van der Waals surface area contributed by atoms with Crippen LogP contribution in [0.2, 0.25) is 0 Å². The molecule has 1 aromatic rings. The van der Waals surface area contributed by atoms with E-state index < -0.39 is 0 Å². The molecular weight excluding hydrogens is 208 g/mol. The highest BCUT2D eigenvalue weighted by Gasteiger charge is 2.25. The van der Waals surface area contributed by atoms with E-state index in [2.05, 4.69) is 41.4 Å². The molecule has 92 valence electrons. The number of hydrogen-bond donors (Lipinski definition) is 1. The van der Waals surface area contributed by atoms with Crippen molar-refractivity contribution in [3.8, 4) is 0 Å². The Morgan fingerprint density at radius 3 is 3.00 bits per heavy atom. The maximum absolute atomic E-state index is 3.51. The van der Waals surface area contributed by atoms with Gasteiger partial charge in [-0.05, 0) is 36.9 Å². The topological polar surface area (TPSA) is 15.3 Å². The van der Waals surface area contributed by atoms with E-state index >= 15 is 0 Å². The number of nitrogens with zero attached hydrogens (tertiary/aromatic N) is 1. The van der Waals surface area contributed by atoms with Crippen molar-refractivity contribution < 1.29 is 0 Å². The third kappa shape index (κ3) is 2.32. The highest BCUT2D eigenvalue weighted by Crippen LogP contribution is 2.32. The number of benzene rings is 1. The predicted octanol–water partition coefficient (Wildman–Crippen LogP) is 2.93. The van der Waals surface area contributed by atoms with Crippen molar-refractivity contribution in [1.29, 1.82) is 0 Å². The van der Waals surface area contributed by atoms with E-state index in [1.165, 1.54) is 43.7 Å². The third-order valence-electron chi connectivity index (χ3n) is 4.20. The summed E-state index contributed by atoms with van der Waals surface area (Å²) in [6, 6.07) is 8.82. The lowest BCUT2D eigenvalue weighted by molar-refractivity contribution is 0.299. The lowest BCUT2D eigenvalue weighted by Crippen LogP contribution is -2.29. The van der Waals surface area contributed by atoms with Gasteiger partial charge >= 0.3 is 0 Å². The Hall–Kier alpha value is -1.02. The smallest absolute Gasteiger partial charge is 0.0376 e. The first-order valence-corrected chi connectivity index (χ1v) is 6.88. The molecule has 0 spiro atoms. The molecule has 3 rings (SSSR count). The number of para-hydroxylation sites is 1. The zero-order chi connectivity index (χ0) is 11.7. The van der Waals surface area contributed by atoms with Crippen molar-refractivity contribution >= 4 is 5.69 Å². The standard InChI is InChI=1S/C15H22N2/c1-12-7-9-17(10-12)11-13-6-8-16-15-5-3-2-4-14(13)15/h2-5,12-13,16H,6-11H2,1H3. The SMILES string of the molecule is CC1CCN(CC2CCNc3ccccc32)C1. The van der Waals surface area contributed by atoms with Crippen LogP contribution in [0.25, 0.3) is 0 Å². The lowest BCUT2D eigenvalue weighted by Gasteiger charge is -2.30. The van der Waals surface area contributed by atoms with Crippen LogP contribution in [0.15, 0.2) is 24.3 Å². The number of nitrogens with one attached hydrogen (secondary N) is 1. The molecule has 2 unspecified atom stereocenters. The van der Waals surface area contributed by atoms with Crippen LogP contribution >= 0.6 is 0 Å². The minimum atomic E-state index is 0.734. The van der Waals surface area contributed by atoms with E-state index in [0.29, 0.717) is 0 Å². The van der Waals surface area contributed by atoms with Crippen LogP contribution in [0.4, 0.5) is 5.69 Å². The van der Waals surface area contributed by atoms with Crippen LogP contribution in [-0.2, 0) is 0 Å². The van der Waals surface area contributed by atoms with Crippen molar-refractivity contribution in [3.05, 3.63) is 29.8 Å². The van der Waals surface area contributed by atoms with E-state index in [0.717, 1.165) is 18.4 Å². The van der Waals surface area contributed by atoms with Crippen LogP contribution in [0.1, 0.15) is 31.2 Å². The van der Waals surface area contributed by atoms with Crippen LogP contribution in [0, 0.1) is 5.92 Å². The van der Waals surface area contributed by atoms with Gasteiger partial charge in [-0.1, -0.05) is 25.1 Å². The quantitative estimate of drug-likeness (QED) is 0.840. The van der Waals surface area contributed by atoms with Gasteiger partial charge in [0.2, 0.25) is 0 Å². The number of fused-ring (bicyclic) bond motifs is 1. The van der Waals surface area contributed by atoms with Crippen molar-refractivity contribution in [1.82, 2.24) is 4.90 Å². The van der Waals surface area contributed by atoms with Gasteiger partial charge in [0.1, 0.15) is 0 Å². The Bertz CT molecular complexity index is 388. The third-order valence-corrected chi connectivity index (χ3v) is 4.20. The Morgan fingerprint density at radius 1 is 1.29 bits per heavy atom. The predicted molar refractivity (Wildman–Crippen MR) is 72.5 cm³/mol. The van der Waals surface area contributed by atoms with Crippen LogP contribution in [0.3, 0.4) is 0 Å². The first kappa shape index (κ1) is 11.1. The summed E-state index contributed by atoms with van der Waals surface area (Å²) in [6.45, 7) is 7.35. The summed E-state index contributed by atoms with van der Waals surface area (Å²) in [5.41, 5.74) is 2.88. The van der Waals surface area contributed by atoms with E-state index in [4.69, 9.17) is 0 Å². The Kier molecular flexibility index (Phi) is 3.06. The maximum atomic E-state index is 3.51. The fraction of sp³-hybridized carbons (Fsp3) is 0.600. The average Bonchev–Trinajstić information content (AvgIpc) is 2.75. The van der Waals surface area contributed by atoms with Gasteiger partial charge in [-0.15, -0.1) is 0 Å². The van der Waals surface area contributed by atoms with Gasteiger partial charge in [0.25, 0.3) is 0 Å². The van der Waals surface area contributed by atoms with Gasteiger partial charge in [-0.3, -0.25) is 0 Å². The zero-order valence-electron chi connectivity index (χ0n) is 10.7. The number of likely N-dealkylation sites (tertiary alicyclic amines) is 1. The summed E-state index contributed by atoms with van der Waals surface area (Å²) in [5.74, 6) is 1.63. The first-order chi connectivity index (χ1) is 8.33. The van der Waals surface area contributed by atoms with E-state index in [1.54, 1.807) is 0 Å². The second-order valence-corrected chi connectivity index (χ2v) is 5.65. The normalized spacial score (nSPS) is 28.8. The minimum Gasteiger partial charge on any atom is -0.385 e. The molecule has 0 aromatic heterocycles. The molecule has 0 aliphatic carbocycles. The van der Waals surface area contributed by atoms with Gasteiger partial charge in [0.15, 0.2) is 0 Å². The van der Waals surface area contributed by atoms with Gasteiger partial charge in [0.05, 0.1) is 0 Å². The van der Waals surface area contributed by atoms with Crippen molar-refractivity contribution in [3.63, 3.8) is 0 Å². The number of hydrogen-bond acceptors (Lipinski definition) is 2. The first-order valence-electron chi connectivity index (χ1n) is 6.88. The van der Waals surface area contributed by atoms with E-state index in [9.17, 15) is 0 Å². The molecule has 1 fully saturated rings. The molecule has 1 saturated heterocycles. The molecule has 0 saturated carbocycles. The molecule has 2 heterocycles. The van der Waals surface area contributed by atoms with Gasteiger partial charge in [-0.2, -0.15) is 0 Å². The summed E-state index contributed by atoms with van der Waals surface area (Å²) in [4.78, 5) is 2.65. The minimum absolute atomic E-state index is 0.734. The number of rotatable bonds is 2. The van der Waals surface area contributed by atoms with Gasteiger partial charge in [0, 0.05) is 31.2 Å². The molecule has 2 nitrogen and oxygen atoms in total. The Morgan fingerprint density at radius 2 is 2.18 bits per heavy atom. The van der Waals surface area contributed by atoms with E-state index in [-0.39, 0.29) is 0 Å². The van der Waals surface area contributed by atoms with Crippen molar-refractivity contribution in [2.45, 2.75) is 25.7 Å². The summed E-state index contributed by atoms with van der Waals surface area (Å²) >= 11 is 0. The molecule has 0 bridgehead atoms. The van der Waals surface area contributed by atoms with Gasteiger partial charge in [-0.25, -0.2) is 0 Å². The summed E-state index contributed by atoms with van der Waals surface area (Å²) in [7, 11) is 0. The highest BCUT2D eigenvalue weighted by molar-refractivity contribution is 5.54. The second-order valence-electron chi connectivity index (χ2n) is 5.65. The lowest BCUT2D eigenvalue weighted by atomic mass is 9.90. The number of anilines is 1. The monoisotopic (exact) mass is 230 g/mol. The summed E-state index contributed by atoms with van der Waals surface area (Å²) in [6.07, 6.45) is 2.66. The van der Waals surface area contributed by atoms with E-state index in [1.807, 2.05) is 0 Å². The van der Waals surface area contributed by atoms with Crippen LogP contribution in [-0.4, -0.2) is 31.1 Å². The Labute approximate surface area is 104 Å².